The van der Waals surface area contributed by atoms with Gasteiger partial charge >= 0.3 is 0 Å². The van der Waals surface area contributed by atoms with E-state index in [1.54, 1.807) is 12.1 Å². The lowest BCUT2D eigenvalue weighted by Crippen LogP contribution is -2.11. The molecule has 1 aromatic carbocycles. The predicted molar refractivity (Wildman–Crippen MR) is 79.0 cm³/mol. The molecule has 0 radical (unpaired) electrons. The number of nitrogens with two attached hydrogens (primary N) is 1. The zero-order chi connectivity index (χ0) is 13.0. The van der Waals surface area contributed by atoms with E-state index < -0.39 is 4.92 Å². The van der Waals surface area contributed by atoms with Crippen LogP contribution in [0, 0.1) is 16.0 Å². The molecule has 4 nitrogen and oxygen atoms in total. The minimum atomic E-state index is -0.400. The smallest absolute Gasteiger partial charge is 0.283 e. The van der Waals surface area contributed by atoms with Gasteiger partial charge in [0.2, 0.25) is 0 Å². The molecule has 0 saturated carbocycles. The van der Waals surface area contributed by atoms with E-state index in [4.69, 9.17) is 5.73 Å². The molecule has 18 heavy (non-hydrogen) atoms. The van der Waals surface area contributed by atoms with Crippen molar-refractivity contribution in [3.05, 3.63) is 38.3 Å². The van der Waals surface area contributed by atoms with E-state index in [9.17, 15) is 10.1 Å². The van der Waals surface area contributed by atoms with Crippen LogP contribution in [-0.4, -0.2) is 4.92 Å². The van der Waals surface area contributed by atoms with Crippen molar-refractivity contribution < 1.29 is 4.92 Å². The third kappa shape index (κ3) is 4.92. The van der Waals surface area contributed by atoms with Gasteiger partial charge in [-0.1, -0.05) is 19.9 Å². The first-order chi connectivity index (χ1) is 7.91. The van der Waals surface area contributed by atoms with Crippen LogP contribution in [0.1, 0.15) is 38.3 Å². The Kier molecular flexibility index (Phi) is 7.43. The third-order valence-corrected chi connectivity index (χ3v) is 3.32. The lowest BCUT2D eigenvalue weighted by Gasteiger charge is -2.13. The van der Waals surface area contributed by atoms with Gasteiger partial charge in [-0.25, -0.2) is 0 Å². The van der Waals surface area contributed by atoms with E-state index in [2.05, 4.69) is 29.8 Å². The summed E-state index contributed by atoms with van der Waals surface area (Å²) in [7, 11) is 0. The minimum Gasteiger partial charge on any atom is -0.324 e. The van der Waals surface area contributed by atoms with Crippen molar-refractivity contribution in [2.24, 2.45) is 11.7 Å². The van der Waals surface area contributed by atoms with Gasteiger partial charge in [0.1, 0.15) is 0 Å². The molecule has 0 bridgehead atoms. The standard InChI is InChI=1S/C12H17BrN2O2.ClH/c1-8(2)3-6-11(14)9-4-5-10(13)12(7-9)15(16)17;/h4-5,7-8,11H,3,6,14H2,1-2H3;1H/t11-;/m0./s1. The maximum absolute atomic E-state index is 10.8. The van der Waals surface area contributed by atoms with Gasteiger partial charge in [0.05, 0.1) is 9.40 Å². The molecule has 1 rings (SSSR count). The van der Waals surface area contributed by atoms with E-state index in [0.29, 0.717) is 10.4 Å². The molecule has 0 aliphatic rings. The van der Waals surface area contributed by atoms with Gasteiger partial charge < -0.3 is 5.73 Å². The molecule has 1 atom stereocenters. The Morgan fingerprint density at radius 1 is 1.39 bits per heavy atom. The quantitative estimate of drug-likeness (QED) is 0.646. The molecule has 2 N–H and O–H groups in total. The molecule has 0 spiro atoms. The van der Waals surface area contributed by atoms with Crippen LogP contribution in [0.5, 0.6) is 0 Å². The first kappa shape index (κ1) is 17.4. The molecule has 0 heterocycles. The molecule has 1 aromatic rings. The topological polar surface area (TPSA) is 69.2 Å². The summed E-state index contributed by atoms with van der Waals surface area (Å²) in [5.74, 6) is 0.589. The molecular formula is C12H18BrClN2O2. The number of hydrogen-bond donors (Lipinski definition) is 1. The Labute approximate surface area is 122 Å². The highest BCUT2D eigenvalue weighted by Crippen LogP contribution is 2.29. The lowest BCUT2D eigenvalue weighted by atomic mass is 9.98. The van der Waals surface area contributed by atoms with Crippen LogP contribution < -0.4 is 5.73 Å². The van der Waals surface area contributed by atoms with Crippen LogP contribution >= 0.6 is 28.3 Å². The number of nitro groups is 1. The number of benzene rings is 1. The molecule has 102 valence electrons. The largest absolute Gasteiger partial charge is 0.324 e. The average Bonchev–Trinajstić information content (AvgIpc) is 2.26. The number of rotatable bonds is 5. The van der Waals surface area contributed by atoms with Crippen LogP contribution in [0.4, 0.5) is 5.69 Å². The Bertz CT molecular complexity index is 413. The van der Waals surface area contributed by atoms with Crippen molar-refractivity contribution in [3.8, 4) is 0 Å². The van der Waals surface area contributed by atoms with Crippen molar-refractivity contribution >= 4 is 34.0 Å². The normalized spacial score (nSPS) is 12.1. The average molecular weight is 338 g/mol. The van der Waals surface area contributed by atoms with E-state index >= 15 is 0 Å². The van der Waals surface area contributed by atoms with Gasteiger partial charge in [0.25, 0.3) is 5.69 Å². The van der Waals surface area contributed by atoms with Crippen LogP contribution in [0.25, 0.3) is 0 Å². The molecule has 0 aromatic heterocycles. The fourth-order valence-corrected chi connectivity index (χ4v) is 1.97. The first-order valence-electron chi connectivity index (χ1n) is 5.61. The molecule has 0 unspecified atom stereocenters. The Balaban J connectivity index is 0.00000289. The predicted octanol–water partition coefficient (Wildman–Crippen LogP) is 4.22. The Morgan fingerprint density at radius 2 is 2.00 bits per heavy atom. The summed E-state index contributed by atoms with van der Waals surface area (Å²) in [5.41, 5.74) is 6.92. The SMILES string of the molecule is CC(C)CC[C@H](N)c1ccc(Br)c([N+](=O)[O-])c1.Cl. The van der Waals surface area contributed by atoms with Crippen molar-refractivity contribution in [2.45, 2.75) is 32.7 Å². The molecule has 6 heteroatoms. The van der Waals surface area contributed by atoms with Gasteiger partial charge in [0.15, 0.2) is 0 Å². The van der Waals surface area contributed by atoms with E-state index in [1.807, 2.05) is 6.07 Å². The van der Waals surface area contributed by atoms with Gasteiger partial charge in [-0.2, -0.15) is 0 Å². The summed E-state index contributed by atoms with van der Waals surface area (Å²) in [5, 5.41) is 10.8. The summed E-state index contributed by atoms with van der Waals surface area (Å²) in [6.07, 6.45) is 1.86. The minimum absolute atomic E-state index is 0. The molecule has 0 fully saturated rings. The first-order valence-corrected chi connectivity index (χ1v) is 6.40. The van der Waals surface area contributed by atoms with E-state index in [-0.39, 0.29) is 24.1 Å². The van der Waals surface area contributed by atoms with Gasteiger partial charge in [0, 0.05) is 12.1 Å². The molecular weight excluding hydrogens is 320 g/mol. The van der Waals surface area contributed by atoms with Crippen LogP contribution in [-0.2, 0) is 0 Å². The number of nitrogens with zero attached hydrogens (tertiary/aromatic N) is 1. The second-order valence-electron chi connectivity index (χ2n) is 4.55. The Hall–Kier alpha value is -0.650. The van der Waals surface area contributed by atoms with Gasteiger partial charge in [-0.3, -0.25) is 10.1 Å². The van der Waals surface area contributed by atoms with Crippen LogP contribution in [0.3, 0.4) is 0 Å². The van der Waals surface area contributed by atoms with Crippen molar-refractivity contribution in [3.63, 3.8) is 0 Å². The van der Waals surface area contributed by atoms with Gasteiger partial charge in [-0.15, -0.1) is 12.4 Å². The second kappa shape index (κ2) is 7.71. The number of hydrogen-bond acceptors (Lipinski definition) is 3. The lowest BCUT2D eigenvalue weighted by molar-refractivity contribution is -0.385. The van der Waals surface area contributed by atoms with Crippen LogP contribution in [0.15, 0.2) is 22.7 Å². The summed E-state index contributed by atoms with van der Waals surface area (Å²) in [6.45, 7) is 4.27. The Morgan fingerprint density at radius 3 is 2.50 bits per heavy atom. The highest BCUT2D eigenvalue weighted by atomic mass is 79.9. The second-order valence-corrected chi connectivity index (χ2v) is 5.40. The monoisotopic (exact) mass is 336 g/mol. The molecule has 0 amide bonds. The fourth-order valence-electron chi connectivity index (χ4n) is 1.58. The number of halogens is 2. The van der Waals surface area contributed by atoms with Gasteiger partial charge in [-0.05, 0) is 46.3 Å². The van der Waals surface area contributed by atoms with Crippen LogP contribution in [0.2, 0.25) is 0 Å². The fraction of sp³-hybridized carbons (Fsp3) is 0.500. The van der Waals surface area contributed by atoms with Crippen molar-refractivity contribution in [2.75, 3.05) is 0 Å². The third-order valence-electron chi connectivity index (χ3n) is 2.65. The highest BCUT2D eigenvalue weighted by Gasteiger charge is 2.15. The summed E-state index contributed by atoms with van der Waals surface area (Å²) in [4.78, 5) is 10.4. The van der Waals surface area contributed by atoms with E-state index in [1.165, 1.54) is 0 Å². The maximum atomic E-state index is 10.8. The van der Waals surface area contributed by atoms with Crippen molar-refractivity contribution in [1.29, 1.82) is 0 Å². The zero-order valence-electron chi connectivity index (χ0n) is 10.4. The summed E-state index contributed by atoms with van der Waals surface area (Å²) in [6, 6.07) is 4.93. The zero-order valence-corrected chi connectivity index (χ0v) is 12.8. The van der Waals surface area contributed by atoms with Crippen molar-refractivity contribution in [1.82, 2.24) is 0 Å². The highest BCUT2D eigenvalue weighted by molar-refractivity contribution is 9.10. The number of nitro benzene ring substituents is 1. The molecule has 0 aliphatic heterocycles. The molecule has 0 saturated heterocycles. The van der Waals surface area contributed by atoms with E-state index in [0.717, 1.165) is 18.4 Å². The summed E-state index contributed by atoms with van der Waals surface area (Å²) < 4.78 is 0.488. The maximum Gasteiger partial charge on any atom is 0.283 e. The molecule has 0 aliphatic carbocycles. The summed E-state index contributed by atoms with van der Waals surface area (Å²) >= 11 is 3.16.